The lowest BCUT2D eigenvalue weighted by molar-refractivity contribution is 0.0516. The molecule has 2 aromatic rings. The largest absolute Gasteiger partial charge is 0.486 e. The number of aromatic amines is 1. The smallest absolute Gasteiger partial charge is 0.410 e. The highest BCUT2D eigenvalue weighted by molar-refractivity contribution is 5.72. The Kier molecular flexibility index (Phi) is 6.51. The maximum atomic E-state index is 14.1. The average Bonchev–Trinajstić information content (AvgIpc) is 2.74. The van der Waals surface area contributed by atoms with E-state index >= 15 is 0 Å². The Morgan fingerprint density at radius 1 is 1.29 bits per heavy atom. The van der Waals surface area contributed by atoms with Gasteiger partial charge in [0, 0.05) is 25.9 Å². The lowest BCUT2D eigenvalue weighted by Gasteiger charge is -2.32. The SMILES string of the molecule is CC(C)OC(=O)N1CCC(Oc2c(C#N)n[nH]c(=O)c2-c2ccc(C#N)c(F)c2)CC1. The second kappa shape index (κ2) is 9.26. The van der Waals surface area contributed by atoms with Gasteiger partial charge in [0.1, 0.15) is 24.1 Å². The van der Waals surface area contributed by atoms with Gasteiger partial charge in [-0.2, -0.15) is 15.6 Å². The summed E-state index contributed by atoms with van der Waals surface area (Å²) in [5.74, 6) is -0.851. The molecule has 0 saturated carbocycles. The molecule has 3 rings (SSSR count). The topological polar surface area (TPSA) is 132 Å². The number of likely N-dealkylation sites (tertiary alicyclic amines) is 1. The number of nitrogens with one attached hydrogen (secondary N) is 1. The molecular formula is C21H20FN5O4. The fourth-order valence-corrected chi connectivity index (χ4v) is 3.25. The van der Waals surface area contributed by atoms with Crippen LogP contribution in [0.4, 0.5) is 9.18 Å². The van der Waals surface area contributed by atoms with Crippen molar-refractivity contribution in [2.75, 3.05) is 13.1 Å². The van der Waals surface area contributed by atoms with E-state index in [1.165, 1.54) is 12.1 Å². The monoisotopic (exact) mass is 425 g/mol. The maximum Gasteiger partial charge on any atom is 0.410 e. The number of hydrogen-bond acceptors (Lipinski definition) is 7. The van der Waals surface area contributed by atoms with E-state index in [4.69, 9.17) is 14.7 Å². The fourth-order valence-electron chi connectivity index (χ4n) is 3.25. The first-order valence-corrected chi connectivity index (χ1v) is 9.69. The molecule has 0 bridgehead atoms. The summed E-state index contributed by atoms with van der Waals surface area (Å²) in [6.07, 6.45) is -0.117. The molecule has 1 amide bonds. The summed E-state index contributed by atoms with van der Waals surface area (Å²) in [6, 6.07) is 7.29. The first-order valence-electron chi connectivity index (χ1n) is 9.69. The normalized spacial score (nSPS) is 14.1. The Morgan fingerprint density at radius 3 is 2.58 bits per heavy atom. The van der Waals surface area contributed by atoms with Crippen LogP contribution in [0.1, 0.15) is 37.9 Å². The van der Waals surface area contributed by atoms with E-state index in [1.54, 1.807) is 24.8 Å². The van der Waals surface area contributed by atoms with Crippen molar-refractivity contribution in [1.29, 1.82) is 10.5 Å². The number of H-pyrrole nitrogens is 1. The lowest BCUT2D eigenvalue weighted by atomic mass is 10.0. The predicted octanol–water partition coefficient (Wildman–Crippen LogP) is 2.71. The van der Waals surface area contributed by atoms with Gasteiger partial charge in [0.05, 0.1) is 17.2 Å². The van der Waals surface area contributed by atoms with Crippen molar-refractivity contribution in [3.8, 4) is 29.0 Å². The summed E-state index contributed by atoms with van der Waals surface area (Å²) in [7, 11) is 0. The number of hydrogen-bond donors (Lipinski definition) is 1. The van der Waals surface area contributed by atoms with Gasteiger partial charge >= 0.3 is 6.09 Å². The van der Waals surface area contributed by atoms with Gasteiger partial charge in [0.25, 0.3) is 5.56 Å². The molecule has 10 heteroatoms. The molecule has 2 heterocycles. The van der Waals surface area contributed by atoms with E-state index in [0.29, 0.717) is 25.9 Å². The fraction of sp³-hybridized carbons (Fsp3) is 0.381. The van der Waals surface area contributed by atoms with Gasteiger partial charge in [-0.3, -0.25) is 4.79 Å². The number of carbonyl (C=O) groups is 1. The second-order valence-corrected chi connectivity index (χ2v) is 7.26. The van der Waals surface area contributed by atoms with E-state index in [0.717, 1.165) is 6.07 Å². The van der Waals surface area contributed by atoms with E-state index in [-0.39, 0.29) is 40.3 Å². The van der Waals surface area contributed by atoms with Crippen molar-refractivity contribution in [1.82, 2.24) is 15.1 Å². The van der Waals surface area contributed by atoms with Crippen LogP contribution in [0.2, 0.25) is 0 Å². The number of rotatable bonds is 4. The summed E-state index contributed by atoms with van der Waals surface area (Å²) in [5.41, 5.74) is -0.865. The number of halogens is 1. The molecule has 0 radical (unpaired) electrons. The van der Waals surface area contributed by atoms with Crippen LogP contribution in [0.3, 0.4) is 0 Å². The van der Waals surface area contributed by atoms with Crippen LogP contribution in [-0.4, -0.2) is 46.5 Å². The van der Waals surface area contributed by atoms with Crippen molar-refractivity contribution in [2.45, 2.75) is 38.9 Å². The van der Waals surface area contributed by atoms with Gasteiger partial charge in [0.15, 0.2) is 5.75 Å². The quantitative estimate of drug-likeness (QED) is 0.796. The zero-order valence-corrected chi connectivity index (χ0v) is 17.0. The molecule has 1 aliphatic rings. The molecule has 1 aromatic heterocycles. The molecule has 1 aromatic carbocycles. The summed E-state index contributed by atoms with van der Waals surface area (Å²) in [6.45, 7) is 4.31. The highest BCUT2D eigenvalue weighted by atomic mass is 19.1. The lowest BCUT2D eigenvalue weighted by Crippen LogP contribution is -2.42. The molecular weight excluding hydrogens is 405 g/mol. The van der Waals surface area contributed by atoms with Gasteiger partial charge < -0.3 is 14.4 Å². The Hall–Kier alpha value is -3.92. The minimum Gasteiger partial charge on any atom is -0.486 e. The number of nitriles is 2. The highest BCUT2D eigenvalue weighted by Gasteiger charge is 2.28. The van der Waals surface area contributed by atoms with E-state index in [2.05, 4.69) is 10.2 Å². The Balaban J connectivity index is 1.87. The number of amides is 1. The third-order valence-electron chi connectivity index (χ3n) is 4.74. The van der Waals surface area contributed by atoms with Crippen molar-refractivity contribution < 1.29 is 18.7 Å². The number of carbonyl (C=O) groups excluding carboxylic acids is 1. The summed E-state index contributed by atoms with van der Waals surface area (Å²) < 4.78 is 25.3. The number of aromatic nitrogens is 2. The van der Waals surface area contributed by atoms with Gasteiger partial charge in [-0.1, -0.05) is 6.07 Å². The average molecular weight is 425 g/mol. The number of nitrogens with zero attached hydrogens (tertiary/aromatic N) is 4. The van der Waals surface area contributed by atoms with E-state index in [1.807, 2.05) is 6.07 Å². The second-order valence-electron chi connectivity index (χ2n) is 7.26. The summed E-state index contributed by atoms with van der Waals surface area (Å²) in [4.78, 5) is 26.1. The van der Waals surface area contributed by atoms with Crippen molar-refractivity contribution in [3.63, 3.8) is 0 Å². The zero-order valence-electron chi connectivity index (χ0n) is 17.0. The van der Waals surface area contributed by atoms with Crippen LogP contribution in [0, 0.1) is 28.5 Å². The molecule has 0 atom stereocenters. The van der Waals surface area contributed by atoms with Crippen LogP contribution < -0.4 is 10.3 Å². The Labute approximate surface area is 177 Å². The molecule has 0 unspecified atom stereocenters. The first-order chi connectivity index (χ1) is 14.8. The molecule has 9 nitrogen and oxygen atoms in total. The number of benzene rings is 1. The molecule has 1 N–H and O–H groups in total. The number of ether oxygens (including phenoxy) is 2. The van der Waals surface area contributed by atoms with E-state index < -0.39 is 17.5 Å². The zero-order chi connectivity index (χ0) is 22.5. The molecule has 1 fully saturated rings. The first kappa shape index (κ1) is 21.8. The third kappa shape index (κ3) is 4.81. The molecule has 160 valence electrons. The predicted molar refractivity (Wildman–Crippen MR) is 107 cm³/mol. The summed E-state index contributed by atoms with van der Waals surface area (Å²) in [5, 5.41) is 24.3. The van der Waals surface area contributed by atoms with Crippen LogP contribution in [0.25, 0.3) is 11.1 Å². The highest BCUT2D eigenvalue weighted by Crippen LogP contribution is 2.32. The van der Waals surface area contributed by atoms with Crippen molar-refractivity contribution in [2.24, 2.45) is 0 Å². The van der Waals surface area contributed by atoms with Crippen LogP contribution in [0.15, 0.2) is 23.0 Å². The molecule has 31 heavy (non-hydrogen) atoms. The van der Waals surface area contributed by atoms with Crippen molar-refractivity contribution in [3.05, 3.63) is 45.6 Å². The molecule has 0 spiro atoms. The summed E-state index contributed by atoms with van der Waals surface area (Å²) >= 11 is 0. The molecule has 1 saturated heterocycles. The molecule has 0 aliphatic carbocycles. The van der Waals surface area contributed by atoms with Gasteiger partial charge in [-0.05, 0) is 31.5 Å². The van der Waals surface area contributed by atoms with E-state index in [9.17, 15) is 19.2 Å². The minimum absolute atomic E-state index is 0.0448. The standard InChI is InChI=1S/C21H20FN5O4/c1-12(2)30-21(29)27-7-5-15(6-8-27)31-19-17(11-24)25-26-20(28)18(19)13-3-4-14(10-23)16(22)9-13/h3-4,9,12,15H,5-8H2,1-2H3,(H,26,28). The molecule has 1 aliphatic heterocycles. The van der Waals surface area contributed by atoms with Gasteiger partial charge in [0.2, 0.25) is 5.69 Å². The number of piperidine rings is 1. The van der Waals surface area contributed by atoms with Gasteiger partial charge in [-0.25, -0.2) is 14.3 Å². The Morgan fingerprint density at radius 2 is 2.00 bits per heavy atom. The maximum absolute atomic E-state index is 14.1. The Bertz CT molecular complexity index is 1120. The van der Waals surface area contributed by atoms with Crippen LogP contribution in [0.5, 0.6) is 5.75 Å². The van der Waals surface area contributed by atoms with Crippen molar-refractivity contribution >= 4 is 6.09 Å². The van der Waals surface area contributed by atoms with Crippen LogP contribution >= 0.6 is 0 Å². The van der Waals surface area contributed by atoms with Crippen LogP contribution in [-0.2, 0) is 4.74 Å². The third-order valence-corrected chi connectivity index (χ3v) is 4.74. The minimum atomic E-state index is -0.794. The van der Waals surface area contributed by atoms with Gasteiger partial charge in [-0.15, -0.1) is 0 Å².